The summed E-state index contributed by atoms with van der Waals surface area (Å²) in [6.45, 7) is 20.3. The number of fused-ring (bicyclic) bond motifs is 3. The van der Waals surface area contributed by atoms with E-state index >= 15 is 0 Å². The molecule has 4 fully saturated rings. The van der Waals surface area contributed by atoms with Crippen LogP contribution in [0, 0.1) is 11.8 Å². The number of hydrogen-bond acceptors (Lipinski definition) is 4. The summed E-state index contributed by atoms with van der Waals surface area (Å²) in [7, 11) is -1.94. The van der Waals surface area contributed by atoms with E-state index in [1.165, 1.54) is 0 Å². The molecule has 1 spiro atoms. The van der Waals surface area contributed by atoms with Gasteiger partial charge in [0.2, 0.25) is 0 Å². The van der Waals surface area contributed by atoms with E-state index in [1.807, 2.05) is 0 Å². The van der Waals surface area contributed by atoms with Crippen LogP contribution >= 0.6 is 0 Å². The predicted octanol–water partition coefficient (Wildman–Crippen LogP) is 4.26. The van der Waals surface area contributed by atoms with Gasteiger partial charge in [-0.3, -0.25) is 0 Å². The second-order valence-corrected chi connectivity index (χ2v) is 16.3. The van der Waals surface area contributed by atoms with Crippen molar-refractivity contribution in [1.82, 2.24) is 0 Å². The van der Waals surface area contributed by atoms with E-state index in [9.17, 15) is 5.11 Å². The molecule has 0 unspecified atom stereocenters. The van der Waals surface area contributed by atoms with Gasteiger partial charge in [-0.2, -0.15) is 0 Å². The maximum atomic E-state index is 11.5. The molecule has 0 aromatic rings. The molecule has 7 atom stereocenters. The summed E-state index contributed by atoms with van der Waals surface area (Å²) in [6, 6.07) is 0. The van der Waals surface area contributed by atoms with E-state index in [4.69, 9.17) is 13.9 Å². The fraction of sp³-hybridized carbons (Fsp3) is 1.00. The van der Waals surface area contributed by atoms with Crippen molar-refractivity contribution in [2.45, 2.75) is 120 Å². The van der Waals surface area contributed by atoms with Crippen LogP contribution in [0.15, 0.2) is 0 Å². The molecule has 26 heavy (non-hydrogen) atoms. The summed E-state index contributed by atoms with van der Waals surface area (Å²) in [5, 5.41) is 11.7. The first-order valence-corrected chi connectivity index (χ1v) is 13.3. The first-order valence-electron chi connectivity index (χ1n) is 10.4. The molecule has 150 valence electrons. The molecular weight excluding hydrogens is 344 g/mol. The topological polar surface area (TPSA) is 51.2 Å². The Kier molecular flexibility index (Phi) is 3.70. The fourth-order valence-electron chi connectivity index (χ4n) is 6.11. The lowest BCUT2D eigenvalue weighted by molar-refractivity contribution is -0.262. The van der Waals surface area contributed by atoms with Crippen LogP contribution in [0.2, 0.25) is 18.1 Å². The third kappa shape index (κ3) is 2.00. The van der Waals surface area contributed by atoms with E-state index < -0.39 is 25.6 Å². The van der Waals surface area contributed by atoms with Gasteiger partial charge in [0.1, 0.15) is 17.3 Å². The molecule has 3 aliphatic heterocycles. The zero-order chi connectivity index (χ0) is 19.6. The Bertz CT molecular complexity index is 628. The molecule has 0 aromatic carbocycles. The van der Waals surface area contributed by atoms with Crippen LogP contribution < -0.4 is 0 Å². The van der Waals surface area contributed by atoms with Crippen LogP contribution in [0.3, 0.4) is 0 Å². The molecule has 1 saturated carbocycles. The van der Waals surface area contributed by atoms with Crippen molar-refractivity contribution in [3.8, 4) is 0 Å². The highest BCUT2D eigenvalue weighted by molar-refractivity contribution is 6.74. The number of aliphatic hydroxyl groups excluding tert-OH is 1. The van der Waals surface area contributed by atoms with Gasteiger partial charge in [0.05, 0.1) is 17.3 Å². The Hall–Kier alpha value is 0.0569. The van der Waals surface area contributed by atoms with E-state index in [-0.39, 0.29) is 34.2 Å². The Labute approximate surface area is 160 Å². The summed E-state index contributed by atoms with van der Waals surface area (Å²) >= 11 is 0. The smallest absolute Gasteiger partial charge is 0.192 e. The number of aliphatic hydroxyl groups is 1. The largest absolute Gasteiger partial charge is 0.411 e. The number of hydrogen-bond donors (Lipinski definition) is 1. The van der Waals surface area contributed by atoms with Gasteiger partial charge in [0.15, 0.2) is 8.32 Å². The van der Waals surface area contributed by atoms with Gasteiger partial charge in [-0.25, -0.2) is 0 Å². The molecule has 3 heterocycles. The lowest BCUT2D eigenvalue weighted by Gasteiger charge is -2.52. The van der Waals surface area contributed by atoms with Gasteiger partial charge in [0, 0.05) is 12.3 Å². The van der Waals surface area contributed by atoms with Gasteiger partial charge >= 0.3 is 0 Å². The summed E-state index contributed by atoms with van der Waals surface area (Å²) in [4.78, 5) is 0. The van der Waals surface area contributed by atoms with Crippen LogP contribution in [0.25, 0.3) is 0 Å². The van der Waals surface area contributed by atoms with Gasteiger partial charge in [-0.05, 0) is 50.7 Å². The lowest BCUT2D eigenvalue weighted by atomic mass is 9.69. The van der Waals surface area contributed by atoms with Gasteiger partial charge in [-0.15, -0.1) is 0 Å². The average Bonchev–Trinajstić information content (AvgIpc) is 2.82. The highest BCUT2D eigenvalue weighted by Gasteiger charge is 2.88. The highest BCUT2D eigenvalue weighted by Crippen LogP contribution is 2.74. The van der Waals surface area contributed by atoms with Crippen molar-refractivity contribution >= 4 is 8.32 Å². The fourth-order valence-corrected chi connectivity index (χ4v) is 7.49. The maximum absolute atomic E-state index is 11.5. The van der Waals surface area contributed by atoms with E-state index in [0.29, 0.717) is 0 Å². The lowest BCUT2D eigenvalue weighted by Crippen LogP contribution is -2.66. The molecular formula is C21H38O4Si. The van der Waals surface area contributed by atoms with Crippen molar-refractivity contribution in [3.05, 3.63) is 0 Å². The molecule has 5 heteroatoms. The number of rotatable bonds is 3. The number of ether oxygens (including phenoxy) is 2. The zero-order valence-electron chi connectivity index (χ0n) is 18.1. The Morgan fingerprint density at radius 2 is 1.77 bits per heavy atom. The zero-order valence-corrected chi connectivity index (χ0v) is 19.1. The van der Waals surface area contributed by atoms with Crippen molar-refractivity contribution in [2.75, 3.05) is 0 Å². The van der Waals surface area contributed by atoms with Crippen LogP contribution in [0.1, 0.15) is 67.7 Å². The molecule has 2 bridgehead atoms. The quantitative estimate of drug-likeness (QED) is 0.585. The monoisotopic (exact) mass is 382 g/mol. The molecule has 0 radical (unpaired) electrons. The Morgan fingerprint density at radius 3 is 2.27 bits per heavy atom. The second kappa shape index (κ2) is 4.96. The molecule has 3 saturated heterocycles. The van der Waals surface area contributed by atoms with E-state index in [0.717, 1.165) is 19.3 Å². The summed E-state index contributed by atoms with van der Waals surface area (Å²) in [6.07, 6.45) is 2.28. The molecule has 0 amide bonds. The van der Waals surface area contributed by atoms with Gasteiger partial charge < -0.3 is 19.0 Å². The van der Waals surface area contributed by atoms with Crippen molar-refractivity contribution in [3.63, 3.8) is 0 Å². The minimum absolute atomic E-state index is 0.0244. The van der Waals surface area contributed by atoms with Crippen LogP contribution in [0.5, 0.6) is 0 Å². The standard InChI is InChI=1S/C21H38O4Si/c1-13(2)20-12-15(23-26(8,9)17(3,4)5)19(7,25-20)14-10-11-18(6)21(14,24-18)16(20)22/h13-16,22H,10-12H2,1-9H3/t14-,15+,16+,18-,19-,20+,21-/m0/s1. The molecule has 1 N–H and O–H groups in total. The molecule has 0 aromatic heterocycles. The van der Waals surface area contributed by atoms with Crippen LogP contribution in [-0.4, -0.2) is 48.0 Å². The third-order valence-corrected chi connectivity index (χ3v) is 13.4. The molecule has 1 aliphatic carbocycles. The molecule has 4 nitrogen and oxygen atoms in total. The van der Waals surface area contributed by atoms with E-state index in [2.05, 4.69) is 61.6 Å². The SMILES string of the molecule is CC(C)[C@@]12C[C@@H](O[Si](C)(C)C(C)(C)C)[C@@](C)(O1)[C@@H]1CC[C@]3(C)O[C@]13[C@@H]2O. The Balaban J connectivity index is 1.77. The van der Waals surface area contributed by atoms with Crippen molar-refractivity contribution in [2.24, 2.45) is 11.8 Å². The average molecular weight is 383 g/mol. The Morgan fingerprint density at radius 1 is 1.15 bits per heavy atom. The summed E-state index contributed by atoms with van der Waals surface area (Å²) < 4.78 is 20.1. The van der Waals surface area contributed by atoms with Crippen molar-refractivity contribution < 1.29 is 19.0 Å². The highest BCUT2D eigenvalue weighted by atomic mass is 28.4. The normalized spacial score (nSPS) is 53.0. The minimum Gasteiger partial charge on any atom is -0.411 e. The predicted molar refractivity (Wildman–Crippen MR) is 105 cm³/mol. The van der Waals surface area contributed by atoms with Crippen molar-refractivity contribution in [1.29, 1.82) is 0 Å². The second-order valence-electron chi connectivity index (χ2n) is 11.6. The summed E-state index contributed by atoms with van der Waals surface area (Å²) in [5.41, 5.74) is -1.57. The first kappa shape index (κ1) is 19.4. The van der Waals surface area contributed by atoms with Gasteiger partial charge in [-0.1, -0.05) is 34.6 Å². The molecule has 4 aliphatic rings. The maximum Gasteiger partial charge on any atom is 0.192 e. The van der Waals surface area contributed by atoms with Crippen LogP contribution in [-0.2, 0) is 13.9 Å². The first-order chi connectivity index (χ1) is 11.7. The van der Waals surface area contributed by atoms with E-state index in [1.54, 1.807) is 0 Å². The van der Waals surface area contributed by atoms with Gasteiger partial charge in [0.25, 0.3) is 0 Å². The molecule has 4 rings (SSSR count). The summed E-state index contributed by atoms with van der Waals surface area (Å²) in [5.74, 6) is 0.424. The minimum atomic E-state index is -1.94. The van der Waals surface area contributed by atoms with Crippen LogP contribution in [0.4, 0.5) is 0 Å². The third-order valence-electron chi connectivity index (χ3n) is 8.94. The number of epoxide rings is 1.